The summed E-state index contributed by atoms with van der Waals surface area (Å²) >= 11 is 6.74. The average molecular weight is 458 g/mol. The maximum atomic E-state index is 13.1. The summed E-state index contributed by atoms with van der Waals surface area (Å²) < 4.78 is 18.5. The number of anilines is 2. The molecular weight excluding hydrogens is 437 g/mol. The predicted molar refractivity (Wildman–Crippen MR) is 121 cm³/mol. The molecule has 160 valence electrons. The molecule has 11 heteroatoms. The van der Waals surface area contributed by atoms with Crippen molar-refractivity contribution in [3.8, 4) is 0 Å². The van der Waals surface area contributed by atoms with Crippen LogP contribution in [0.4, 0.5) is 16.2 Å². The molecule has 1 aromatic carbocycles. The second kappa shape index (κ2) is 10.4. The zero-order chi connectivity index (χ0) is 21.5. The molecule has 1 fully saturated rings. The van der Waals surface area contributed by atoms with Crippen molar-refractivity contribution in [3.05, 3.63) is 60.2 Å². The van der Waals surface area contributed by atoms with Crippen molar-refractivity contribution in [1.29, 1.82) is 0 Å². The van der Waals surface area contributed by atoms with Gasteiger partial charge in [-0.05, 0) is 47.7 Å². The highest BCUT2D eigenvalue weighted by Crippen LogP contribution is 2.27. The monoisotopic (exact) mass is 457 g/mol. The van der Waals surface area contributed by atoms with Gasteiger partial charge in [0.15, 0.2) is 10.3 Å². The van der Waals surface area contributed by atoms with E-state index in [0.29, 0.717) is 41.0 Å². The van der Waals surface area contributed by atoms with E-state index in [-0.39, 0.29) is 5.82 Å². The van der Waals surface area contributed by atoms with Crippen LogP contribution < -0.4 is 15.5 Å². The number of halogens is 1. The molecule has 0 saturated carbocycles. The Bertz CT molecular complexity index is 1020. The van der Waals surface area contributed by atoms with Gasteiger partial charge in [0.1, 0.15) is 16.7 Å². The number of nitrogens with one attached hydrogen (secondary N) is 2. The Kier molecular flexibility index (Phi) is 7.18. The van der Waals surface area contributed by atoms with E-state index in [2.05, 4.69) is 35.5 Å². The molecule has 2 N–H and O–H groups in total. The summed E-state index contributed by atoms with van der Waals surface area (Å²) in [4.78, 5) is 19.8. The van der Waals surface area contributed by atoms with Crippen LogP contribution in [0.5, 0.6) is 0 Å². The van der Waals surface area contributed by atoms with Gasteiger partial charge in [-0.3, -0.25) is 0 Å². The van der Waals surface area contributed by atoms with E-state index in [1.54, 1.807) is 30.6 Å². The van der Waals surface area contributed by atoms with E-state index in [0.717, 1.165) is 24.5 Å². The van der Waals surface area contributed by atoms with Crippen LogP contribution in [0.2, 0.25) is 0 Å². The molecule has 0 unspecified atom stereocenters. The summed E-state index contributed by atoms with van der Waals surface area (Å²) in [6, 6.07) is 9.91. The number of rotatable bonds is 6. The second-order valence-electron chi connectivity index (χ2n) is 6.55. The first-order chi connectivity index (χ1) is 15.2. The lowest BCUT2D eigenvalue weighted by atomic mass is 10.2. The molecule has 3 heterocycles. The lowest BCUT2D eigenvalue weighted by Crippen LogP contribution is -2.37. The molecule has 2 aromatic heterocycles. The third-order valence-corrected chi connectivity index (χ3v) is 5.41. The van der Waals surface area contributed by atoms with Gasteiger partial charge in [-0.2, -0.15) is 4.98 Å². The summed E-state index contributed by atoms with van der Waals surface area (Å²) in [5.41, 5.74) is 0.908. The zero-order valence-electron chi connectivity index (χ0n) is 16.5. The van der Waals surface area contributed by atoms with E-state index in [1.807, 2.05) is 6.07 Å². The molecule has 0 spiro atoms. The highest BCUT2D eigenvalue weighted by Gasteiger charge is 2.16. The molecule has 0 amide bonds. The minimum absolute atomic E-state index is 0.273. The number of aromatic nitrogens is 4. The number of nitrogens with zero attached hydrogens (tertiary/aromatic N) is 5. The fraction of sp³-hybridized carbons (Fsp3) is 0.250. The van der Waals surface area contributed by atoms with Gasteiger partial charge in [-0.25, -0.2) is 19.3 Å². The fourth-order valence-electron chi connectivity index (χ4n) is 2.84. The normalized spacial score (nSPS) is 13.6. The smallest absolute Gasteiger partial charge is 0.232 e. The van der Waals surface area contributed by atoms with E-state index in [4.69, 9.17) is 17.0 Å². The number of morpholine rings is 1. The SMILES string of the molecule is Fc1ccc(CNC(=S)Nc2nc(Sc3ncccn3)cc(N3CCOCC3)n2)cc1. The second-order valence-corrected chi connectivity index (χ2v) is 7.95. The molecule has 0 bridgehead atoms. The minimum atomic E-state index is -0.273. The quantitative estimate of drug-likeness (QED) is 0.327. The molecule has 8 nitrogen and oxygen atoms in total. The average Bonchev–Trinajstić information content (AvgIpc) is 2.80. The minimum Gasteiger partial charge on any atom is -0.378 e. The van der Waals surface area contributed by atoms with Gasteiger partial charge < -0.3 is 20.3 Å². The van der Waals surface area contributed by atoms with Crippen LogP contribution in [0.3, 0.4) is 0 Å². The standard InChI is InChI=1S/C20H20FN7OS2/c21-15-4-2-14(3-5-15)13-24-19(30)27-18-25-16(28-8-10-29-11-9-28)12-17(26-18)31-20-22-6-1-7-23-20/h1-7,12H,8-11,13H2,(H2,24,25,26,27,30). The summed E-state index contributed by atoms with van der Waals surface area (Å²) in [6.45, 7) is 3.24. The maximum Gasteiger partial charge on any atom is 0.232 e. The van der Waals surface area contributed by atoms with Crippen molar-refractivity contribution in [2.45, 2.75) is 16.7 Å². The summed E-state index contributed by atoms with van der Waals surface area (Å²) in [6.07, 6.45) is 3.38. The Hall–Kier alpha value is -2.89. The van der Waals surface area contributed by atoms with Gasteiger partial charge in [0, 0.05) is 38.1 Å². The van der Waals surface area contributed by atoms with Crippen LogP contribution in [0.15, 0.2) is 59.0 Å². The van der Waals surface area contributed by atoms with Crippen molar-refractivity contribution >= 4 is 40.9 Å². The molecule has 0 aliphatic carbocycles. The van der Waals surface area contributed by atoms with Crippen LogP contribution in [0.1, 0.15) is 5.56 Å². The Morgan fingerprint density at radius 1 is 1.13 bits per heavy atom. The number of thiocarbonyl (C=S) groups is 1. The zero-order valence-corrected chi connectivity index (χ0v) is 18.1. The van der Waals surface area contributed by atoms with Crippen LogP contribution >= 0.6 is 24.0 Å². The van der Waals surface area contributed by atoms with Crippen molar-refractivity contribution < 1.29 is 9.13 Å². The Morgan fingerprint density at radius 2 is 1.87 bits per heavy atom. The van der Waals surface area contributed by atoms with E-state index in [1.165, 1.54) is 23.9 Å². The summed E-state index contributed by atoms with van der Waals surface area (Å²) in [5.74, 6) is 0.879. The Morgan fingerprint density at radius 3 is 2.61 bits per heavy atom. The highest BCUT2D eigenvalue weighted by atomic mass is 32.2. The van der Waals surface area contributed by atoms with Gasteiger partial charge in [0.05, 0.1) is 13.2 Å². The van der Waals surface area contributed by atoms with E-state index in [9.17, 15) is 4.39 Å². The number of hydrogen-bond donors (Lipinski definition) is 2. The van der Waals surface area contributed by atoms with Crippen LogP contribution in [0.25, 0.3) is 0 Å². The molecule has 4 rings (SSSR count). The summed E-state index contributed by atoms with van der Waals surface area (Å²) in [7, 11) is 0. The maximum absolute atomic E-state index is 13.1. The molecular formula is C20H20FN7OS2. The molecule has 1 aliphatic heterocycles. The van der Waals surface area contributed by atoms with Gasteiger partial charge in [0.25, 0.3) is 0 Å². The molecule has 0 radical (unpaired) electrons. The highest BCUT2D eigenvalue weighted by molar-refractivity contribution is 7.99. The number of ether oxygens (including phenoxy) is 1. The van der Waals surface area contributed by atoms with Crippen LogP contribution in [0, 0.1) is 5.82 Å². The first-order valence-electron chi connectivity index (χ1n) is 9.62. The van der Waals surface area contributed by atoms with Crippen LogP contribution in [-0.2, 0) is 11.3 Å². The molecule has 31 heavy (non-hydrogen) atoms. The predicted octanol–water partition coefficient (Wildman–Crippen LogP) is 2.88. The molecule has 3 aromatic rings. The lowest BCUT2D eigenvalue weighted by molar-refractivity contribution is 0.122. The third-order valence-electron chi connectivity index (χ3n) is 4.35. The van der Waals surface area contributed by atoms with Gasteiger partial charge >= 0.3 is 0 Å². The van der Waals surface area contributed by atoms with Crippen molar-refractivity contribution in [2.24, 2.45) is 0 Å². The first-order valence-corrected chi connectivity index (χ1v) is 10.8. The number of benzene rings is 1. The molecule has 0 atom stereocenters. The topological polar surface area (TPSA) is 88.1 Å². The van der Waals surface area contributed by atoms with E-state index < -0.39 is 0 Å². The lowest BCUT2D eigenvalue weighted by Gasteiger charge is -2.28. The van der Waals surface area contributed by atoms with E-state index >= 15 is 0 Å². The fourth-order valence-corrected chi connectivity index (χ4v) is 3.71. The molecule has 1 saturated heterocycles. The van der Waals surface area contributed by atoms with Gasteiger partial charge in [0.2, 0.25) is 5.95 Å². The Balaban J connectivity index is 1.48. The van der Waals surface area contributed by atoms with Crippen molar-refractivity contribution in [2.75, 3.05) is 36.5 Å². The van der Waals surface area contributed by atoms with Crippen molar-refractivity contribution in [1.82, 2.24) is 25.3 Å². The van der Waals surface area contributed by atoms with Gasteiger partial charge in [-0.1, -0.05) is 12.1 Å². The van der Waals surface area contributed by atoms with Crippen LogP contribution in [-0.4, -0.2) is 51.4 Å². The molecule has 1 aliphatic rings. The number of hydrogen-bond acceptors (Lipinski definition) is 8. The van der Waals surface area contributed by atoms with Gasteiger partial charge in [-0.15, -0.1) is 0 Å². The largest absolute Gasteiger partial charge is 0.378 e. The van der Waals surface area contributed by atoms with Crippen molar-refractivity contribution in [3.63, 3.8) is 0 Å². The Labute approximate surface area is 188 Å². The third kappa shape index (κ3) is 6.29. The first kappa shape index (κ1) is 21.3. The summed E-state index contributed by atoms with van der Waals surface area (Å²) in [5, 5.41) is 7.79.